The van der Waals surface area contributed by atoms with Crippen molar-refractivity contribution < 1.29 is 9.59 Å². The van der Waals surface area contributed by atoms with Gasteiger partial charge in [-0.2, -0.15) is 0 Å². The second-order valence-corrected chi connectivity index (χ2v) is 5.95. The molecule has 1 fully saturated rings. The number of benzene rings is 1. The minimum Gasteiger partial charge on any atom is -0.353 e. The van der Waals surface area contributed by atoms with E-state index in [1.165, 1.54) is 0 Å². The third-order valence-electron chi connectivity index (χ3n) is 3.64. The van der Waals surface area contributed by atoms with E-state index in [1.807, 2.05) is 31.2 Å². The average molecular weight is 339 g/mol. The molecule has 0 saturated carbocycles. The molecule has 108 valence electrons. The first-order valence-corrected chi connectivity index (χ1v) is 7.68. The molecule has 1 amide bonds. The number of nitrogens with one attached hydrogen (secondary N) is 1. The molecule has 1 aliphatic rings. The summed E-state index contributed by atoms with van der Waals surface area (Å²) in [6.45, 7) is 4.26. The van der Waals surface area contributed by atoms with E-state index in [4.69, 9.17) is 0 Å². The fourth-order valence-electron chi connectivity index (χ4n) is 2.36. The van der Waals surface area contributed by atoms with Crippen molar-refractivity contribution in [3.05, 3.63) is 34.3 Å². The van der Waals surface area contributed by atoms with Gasteiger partial charge in [0.15, 0.2) is 5.78 Å². The fraction of sp³-hybridized carbons (Fsp3) is 0.467. The Morgan fingerprint density at radius 2 is 2.10 bits per heavy atom. The highest BCUT2D eigenvalue weighted by molar-refractivity contribution is 9.10. The number of Topliss-reactive ketones (excluding diaryl/α,β-unsaturated/α-hetero) is 1. The predicted octanol–water partition coefficient (Wildman–Crippen LogP) is 2.23. The van der Waals surface area contributed by atoms with Gasteiger partial charge in [0.25, 0.3) is 0 Å². The van der Waals surface area contributed by atoms with Crippen LogP contribution in [-0.2, 0) is 4.79 Å². The number of amides is 1. The zero-order valence-electron chi connectivity index (χ0n) is 11.6. The minimum atomic E-state index is -0.0912. The van der Waals surface area contributed by atoms with E-state index >= 15 is 0 Å². The van der Waals surface area contributed by atoms with Crippen molar-refractivity contribution in [3.63, 3.8) is 0 Å². The van der Waals surface area contributed by atoms with Gasteiger partial charge < -0.3 is 5.32 Å². The Balaban J connectivity index is 1.79. The third-order valence-corrected chi connectivity index (χ3v) is 4.17. The van der Waals surface area contributed by atoms with Gasteiger partial charge in [-0.25, -0.2) is 0 Å². The first kappa shape index (κ1) is 15.2. The molecular weight excluding hydrogens is 320 g/mol. The number of carbonyl (C=O) groups is 2. The molecule has 20 heavy (non-hydrogen) atoms. The monoisotopic (exact) mass is 338 g/mol. The maximum atomic E-state index is 12.0. The van der Waals surface area contributed by atoms with Crippen LogP contribution < -0.4 is 5.32 Å². The van der Waals surface area contributed by atoms with E-state index in [1.54, 1.807) is 0 Å². The van der Waals surface area contributed by atoms with Crippen molar-refractivity contribution in [2.45, 2.75) is 25.8 Å². The van der Waals surface area contributed by atoms with Crippen molar-refractivity contribution in [2.24, 2.45) is 0 Å². The molecule has 4 nitrogen and oxygen atoms in total. The Bertz CT molecular complexity index is 487. The lowest BCUT2D eigenvalue weighted by Crippen LogP contribution is -2.53. The standard InChI is InChI=1S/C15H19BrN2O2/c1-11-15(20)17-8-10-18(11)9-2-3-14(19)12-4-6-13(16)7-5-12/h4-7,11H,2-3,8-10H2,1H3,(H,17,20). The van der Waals surface area contributed by atoms with Gasteiger partial charge in [0, 0.05) is 29.5 Å². The first-order valence-electron chi connectivity index (χ1n) is 6.88. The van der Waals surface area contributed by atoms with E-state index in [0.29, 0.717) is 13.0 Å². The number of nitrogens with zero attached hydrogens (tertiary/aromatic N) is 1. The highest BCUT2D eigenvalue weighted by Crippen LogP contribution is 2.13. The van der Waals surface area contributed by atoms with Crippen LogP contribution in [0.25, 0.3) is 0 Å². The molecular formula is C15H19BrN2O2. The summed E-state index contributed by atoms with van der Waals surface area (Å²) in [5.41, 5.74) is 0.748. The molecule has 0 radical (unpaired) electrons. The van der Waals surface area contributed by atoms with Crippen LogP contribution in [0.5, 0.6) is 0 Å². The molecule has 0 aromatic heterocycles. The van der Waals surface area contributed by atoms with Crippen LogP contribution in [0.4, 0.5) is 0 Å². The molecule has 1 N–H and O–H groups in total. The van der Waals surface area contributed by atoms with E-state index in [9.17, 15) is 9.59 Å². The van der Waals surface area contributed by atoms with Crippen molar-refractivity contribution in [3.8, 4) is 0 Å². The topological polar surface area (TPSA) is 49.4 Å². The van der Waals surface area contributed by atoms with Gasteiger partial charge in [-0.05, 0) is 32.0 Å². The molecule has 0 aliphatic carbocycles. The van der Waals surface area contributed by atoms with E-state index < -0.39 is 0 Å². The predicted molar refractivity (Wildman–Crippen MR) is 81.8 cm³/mol. The summed E-state index contributed by atoms with van der Waals surface area (Å²) < 4.78 is 0.974. The molecule has 0 spiro atoms. The lowest BCUT2D eigenvalue weighted by molar-refractivity contribution is -0.128. The molecule has 1 unspecified atom stereocenters. The van der Waals surface area contributed by atoms with Gasteiger partial charge in [0.1, 0.15) is 0 Å². The maximum absolute atomic E-state index is 12.0. The number of carbonyl (C=O) groups excluding carboxylic acids is 2. The van der Waals surface area contributed by atoms with Gasteiger partial charge in [-0.15, -0.1) is 0 Å². The number of rotatable bonds is 5. The van der Waals surface area contributed by atoms with Crippen LogP contribution in [0.2, 0.25) is 0 Å². The molecule has 2 rings (SSSR count). The number of ketones is 1. The van der Waals surface area contributed by atoms with Gasteiger partial charge in [-0.3, -0.25) is 14.5 Å². The Kier molecular flexibility index (Phi) is 5.31. The van der Waals surface area contributed by atoms with Gasteiger partial charge >= 0.3 is 0 Å². The molecule has 1 aromatic rings. The lowest BCUT2D eigenvalue weighted by Gasteiger charge is -2.32. The summed E-state index contributed by atoms with van der Waals surface area (Å²) in [4.78, 5) is 25.7. The summed E-state index contributed by atoms with van der Waals surface area (Å²) in [7, 11) is 0. The Morgan fingerprint density at radius 1 is 1.40 bits per heavy atom. The van der Waals surface area contributed by atoms with Crippen LogP contribution in [-0.4, -0.2) is 42.3 Å². The largest absolute Gasteiger partial charge is 0.353 e. The summed E-state index contributed by atoms with van der Waals surface area (Å²) in [6.07, 6.45) is 1.30. The van der Waals surface area contributed by atoms with E-state index in [0.717, 1.165) is 29.5 Å². The van der Waals surface area contributed by atoms with Crippen LogP contribution in [0.3, 0.4) is 0 Å². The second kappa shape index (κ2) is 6.99. The number of piperazine rings is 1. The van der Waals surface area contributed by atoms with Crippen molar-refractivity contribution >= 4 is 27.6 Å². The maximum Gasteiger partial charge on any atom is 0.237 e. The average Bonchev–Trinajstić information content (AvgIpc) is 2.44. The number of halogens is 1. The molecule has 1 aromatic carbocycles. The molecule has 5 heteroatoms. The highest BCUT2D eigenvalue weighted by Gasteiger charge is 2.24. The minimum absolute atomic E-state index is 0.0792. The van der Waals surface area contributed by atoms with Gasteiger partial charge in [0.2, 0.25) is 5.91 Å². The Labute approximate surface area is 127 Å². The van der Waals surface area contributed by atoms with Crippen LogP contribution in [0, 0.1) is 0 Å². The Morgan fingerprint density at radius 3 is 2.80 bits per heavy atom. The zero-order valence-corrected chi connectivity index (χ0v) is 13.1. The summed E-state index contributed by atoms with van der Waals surface area (Å²) in [5, 5.41) is 2.84. The van der Waals surface area contributed by atoms with Crippen LogP contribution in [0.1, 0.15) is 30.1 Å². The van der Waals surface area contributed by atoms with Crippen LogP contribution in [0.15, 0.2) is 28.7 Å². The quantitative estimate of drug-likeness (QED) is 0.837. The fourth-order valence-corrected chi connectivity index (χ4v) is 2.62. The van der Waals surface area contributed by atoms with Crippen molar-refractivity contribution in [1.29, 1.82) is 0 Å². The van der Waals surface area contributed by atoms with Gasteiger partial charge in [-0.1, -0.05) is 28.1 Å². The lowest BCUT2D eigenvalue weighted by atomic mass is 10.1. The summed E-state index contributed by atoms with van der Waals surface area (Å²) in [5.74, 6) is 0.238. The number of hydrogen-bond acceptors (Lipinski definition) is 3. The normalized spacial score (nSPS) is 19.7. The zero-order chi connectivity index (χ0) is 14.5. The first-order chi connectivity index (χ1) is 9.58. The van der Waals surface area contributed by atoms with E-state index in [-0.39, 0.29) is 17.7 Å². The number of hydrogen-bond donors (Lipinski definition) is 1. The van der Waals surface area contributed by atoms with Gasteiger partial charge in [0.05, 0.1) is 6.04 Å². The SMILES string of the molecule is CC1C(=O)NCCN1CCCC(=O)c1ccc(Br)cc1. The van der Waals surface area contributed by atoms with Crippen molar-refractivity contribution in [2.75, 3.05) is 19.6 Å². The Hall–Kier alpha value is -1.20. The molecule has 1 aliphatic heterocycles. The molecule has 1 saturated heterocycles. The van der Waals surface area contributed by atoms with Crippen molar-refractivity contribution in [1.82, 2.24) is 10.2 Å². The second-order valence-electron chi connectivity index (χ2n) is 5.04. The molecule has 1 atom stereocenters. The highest BCUT2D eigenvalue weighted by atomic mass is 79.9. The summed E-state index contributed by atoms with van der Waals surface area (Å²) in [6, 6.07) is 7.34. The van der Waals surface area contributed by atoms with Crippen LogP contribution >= 0.6 is 15.9 Å². The van der Waals surface area contributed by atoms with E-state index in [2.05, 4.69) is 26.1 Å². The summed E-state index contributed by atoms with van der Waals surface area (Å²) >= 11 is 3.36. The molecule has 0 bridgehead atoms. The smallest absolute Gasteiger partial charge is 0.237 e. The third kappa shape index (κ3) is 3.90. The molecule has 1 heterocycles.